The van der Waals surface area contributed by atoms with Crippen molar-refractivity contribution < 1.29 is 4.74 Å². The van der Waals surface area contributed by atoms with Crippen molar-refractivity contribution in [3.8, 4) is 5.75 Å². The predicted octanol–water partition coefficient (Wildman–Crippen LogP) is 2.70. The van der Waals surface area contributed by atoms with E-state index < -0.39 is 0 Å². The van der Waals surface area contributed by atoms with Gasteiger partial charge in [0, 0.05) is 6.42 Å². The van der Waals surface area contributed by atoms with E-state index in [0.717, 1.165) is 41.8 Å². The Balaban J connectivity index is 1.82. The number of unbranched alkanes of at least 4 members (excludes halogenated alkanes) is 1. The van der Waals surface area contributed by atoms with Gasteiger partial charge < -0.3 is 10.5 Å². The van der Waals surface area contributed by atoms with Crippen LogP contribution in [0.1, 0.15) is 30.9 Å². The second kappa shape index (κ2) is 6.43. The number of H-pyrrole nitrogens is 1. The molecule has 0 aliphatic heterocycles. The zero-order valence-electron chi connectivity index (χ0n) is 12.5. The first-order valence-corrected chi connectivity index (χ1v) is 7.44. The molecule has 6 heteroatoms. The number of nitrogens with two attached hydrogens (primary N) is 1. The van der Waals surface area contributed by atoms with E-state index in [1.54, 1.807) is 0 Å². The highest BCUT2D eigenvalue weighted by Gasteiger charge is 2.09. The monoisotopic (exact) mass is 297 g/mol. The molecule has 0 saturated heterocycles. The number of hydrogen-bond acceptors (Lipinski definition) is 5. The summed E-state index contributed by atoms with van der Waals surface area (Å²) in [6.45, 7) is 2.90. The molecule has 6 nitrogen and oxygen atoms in total. The molecule has 0 aliphatic rings. The highest BCUT2D eigenvalue weighted by molar-refractivity contribution is 5.76. The molecule has 114 valence electrons. The first-order chi connectivity index (χ1) is 10.8. The summed E-state index contributed by atoms with van der Waals surface area (Å²) in [5.74, 6) is 1.34. The molecule has 3 rings (SSSR count). The van der Waals surface area contributed by atoms with Gasteiger partial charge in [0.25, 0.3) is 0 Å². The standard InChI is InChI=1S/C16H19N5O/c1-2-3-7-22-13-6-4-5-11(9-13)8-12-10-14(17)18-16-15(12)19-21-20-16/h4-6,9-10H,2-3,7-8H2,1H3,(H3,17,18,19,20,21). The molecule has 0 atom stereocenters. The zero-order valence-corrected chi connectivity index (χ0v) is 12.5. The Hall–Kier alpha value is -2.63. The predicted molar refractivity (Wildman–Crippen MR) is 85.7 cm³/mol. The van der Waals surface area contributed by atoms with E-state index in [-0.39, 0.29) is 0 Å². The fraction of sp³-hybridized carbons (Fsp3) is 0.312. The number of pyridine rings is 1. The van der Waals surface area contributed by atoms with Crippen LogP contribution in [0.4, 0.5) is 5.82 Å². The number of fused-ring (bicyclic) bond motifs is 1. The summed E-state index contributed by atoms with van der Waals surface area (Å²) in [6.07, 6.45) is 2.89. The molecule has 0 aliphatic carbocycles. The lowest BCUT2D eigenvalue weighted by atomic mass is 10.0. The van der Waals surface area contributed by atoms with E-state index in [4.69, 9.17) is 10.5 Å². The second-order valence-electron chi connectivity index (χ2n) is 5.23. The lowest BCUT2D eigenvalue weighted by molar-refractivity contribution is 0.309. The van der Waals surface area contributed by atoms with Crippen LogP contribution in [0.3, 0.4) is 0 Å². The number of benzene rings is 1. The summed E-state index contributed by atoms with van der Waals surface area (Å²) in [7, 11) is 0. The highest BCUT2D eigenvalue weighted by atomic mass is 16.5. The van der Waals surface area contributed by atoms with Gasteiger partial charge in [0.2, 0.25) is 5.65 Å². The van der Waals surface area contributed by atoms with Gasteiger partial charge in [-0.15, -0.1) is 5.10 Å². The Morgan fingerprint density at radius 3 is 3.00 bits per heavy atom. The lowest BCUT2D eigenvalue weighted by Crippen LogP contribution is -1.99. The normalized spacial score (nSPS) is 11.0. The van der Waals surface area contributed by atoms with Gasteiger partial charge in [0.05, 0.1) is 6.61 Å². The van der Waals surface area contributed by atoms with Crippen LogP contribution in [0.15, 0.2) is 30.3 Å². The number of aromatic nitrogens is 4. The molecule has 22 heavy (non-hydrogen) atoms. The maximum absolute atomic E-state index is 5.83. The van der Waals surface area contributed by atoms with Crippen LogP contribution in [0, 0.1) is 0 Å². The molecule has 0 radical (unpaired) electrons. The minimum Gasteiger partial charge on any atom is -0.494 e. The first-order valence-electron chi connectivity index (χ1n) is 7.44. The average Bonchev–Trinajstić information content (AvgIpc) is 2.96. The minimum absolute atomic E-state index is 0.451. The van der Waals surface area contributed by atoms with Crippen LogP contribution in [0.5, 0.6) is 5.75 Å². The molecule has 0 unspecified atom stereocenters. The van der Waals surface area contributed by atoms with Crippen LogP contribution in [0.2, 0.25) is 0 Å². The van der Waals surface area contributed by atoms with E-state index in [1.807, 2.05) is 18.2 Å². The largest absolute Gasteiger partial charge is 0.494 e. The van der Waals surface area contributed by atoms with Crippen LogP contribution < -0.4 is 10.5 Å². The third kappa shape index (κ3) is 3.16. The Kier molecular flexibility index (Phi) is 4.18. The number of anilines is 1. The number of nitrogens with zero attached hydrogens (tertiary/aromatic N) is 3. The highest BCUT2D eigenvalue weighted by Crippen LogP contribution is 2.21. The number of hydrogen-bond donors (Lipinski definition) is 2. The van der Waals surface area contributed by atoms with Gasteiger partial charge in [0.1, 0.15) is 17.1 Å². The van der Waals surface area contributed by atoms with Crippen molar-refractivity contribution in [1.82, 2.24) is 20.4 Å². The van der Waals surface area contributed by atoms with Crippen LogP contribution in [0.25, 0.3) is 11.2 Å². The molecule has 0 fully saturated rings. The number of nitrogens with one attached hydrogen (secondary N) is 1. The number of ether oxygens (including phenoxy) is 1. The fourth-order valence-corrected chi connectivity index (χ4v) is 2.35. The smallest absolute Gasteiger partial charge is 0.203 e. The van der Waals surface area contributed by atoms with E-state index in [0.29, 0.717) is 17.9 Å². The molecule has 2 aromatic heterocycles. The van der Waals surface area contributed by atoms with Crippen molar-refractivity contribution in [2.24, 2.45) is 0 Å². The van der Waals surface area contributed by atoms with Gasteiger partial charge in [-0.1, -0.05) is 25.5 Å². The Labute approximate surface area is 128 Å². The van der Waals surface area contributed by atoms with Crippen molar-refractivity contribution in [3.05, 3.63) is 41.5 Å². The second-order valence-corrected chi connectivity index (χ2v) is 5.23. The van der Waals surface area contributed by atoms with Gasteiger partial charge in [-0.25, -0.2) is 4.98 Å². The molecule has 1 aromatic carbocycles. The van der Waals surface area contributed by atoms with Crippen molar-refractivity contribution in [1.29, 1.82) is 0 Å². The Morgan fingerprint density at radius 2 is 2.14 bits per heavy atom. The summed E-state index contributed by atoms with van der Waals surface area (Å²) >= 11 is 0. The first kappa shape index (κ1) is 14.3. The van der Waals surface area contributed by atoms with Crippen molar-refractivity contribution in [2.45, 2.75) is 26.2 Å². The molecular weight excluding hydrogens is 278 g/mol. The van der Waals surface area contributed by atoms with Crippen LogP contribution >= 0.6 is 0 Å². The molecule has 2 heterocycles. The quantitative estimate of drug-likeness (QED) is 0.683. The van der Waals surface area contributed by atoms with Crippen LogP contribution in [-0.2, 0) is 6.42 Å². The maximum Gasteiger partial charge on any atom is 0.203 e. The molecule has 3 aromatic rings. The number of nitrogen functional groups attached to an aromatic ring is 1. The van der Waals surface area contributed by atoms with Crippen LogP contribution in [-0.4, -0.2) is 27.0 Å². The minimum atomic E-state index is 0.451. The summed E-state index contributed by atoms with van der Waals surface area (Å²) < 4.78 is 5.75. The van der Waals surface area contributed by atoms with E-state index in [2.05, 4.69) is 39.5 Å². The van der Waals surface area contributed by atoms with Gasteiger partial charge in [-0.05, 0) is 35.7 Å². The summed E-state index contributed by atoms with van der Waals surface area (Å²) in [6, 6.07) is 9.94. The third-order valence-corrected chi connectivity index (χ3v) is 3.45. The van der Waals surface area contributed by atoms with E-state index in [9.17, 15) is 0 Å². The van der Waals surface area contributed by atoms with Gasteiger partial charge in [0.15, 0.2) is 0 Å². The Bertz CT molecular complexity index is 768. The van der Waals surface area contributed by atoms with E-state index >= 15 is 0 Å². The number of rotatable bonds is 6. The van der Waals surface area contributed by atoms with Gasteiger partial charge in [-0.3, -0.25) is 0 Å². The van der Waals surface area contributed by atoms with Crippen molar-refractivity contribution >= 4 is 17.0 Å². The third-order valence-electron chi connectivity index (χ3n) is 3.45. The summed E-state index contributed by atoms with van der Waals surface area (Å²) in [4.78, 5) is 4.15. The summed E-state index contributed by atoms with van der Waals surface area (Å²) in [5.41, 5.74) is 9.28. The van der Waals surface area contributed by atoms with Gasteiger partial charge >= 0.3 is 0 Å². The van der Waals surface area contributed by atoms with Crippen molar-refractivity contribution in [3.63, 3.8) is 0 Å². The maximum atomic E-state index is 5.83. The molecule has 0 amide bonds. The number of aromatic amines is 1. The topological polar surface area (TPSA) is 89.7 Å². The summed E-state index contributed by atoms with van der Waals surface area (Å²) in [5, 5.41) is 10.7. The van der Waals surface area contributed by atoms with Crippen molar-refractivity contribution in [2.75, 3.05) is 12.3 Å². The molecular formula is C16H19N5O. The molecule has 0 spiro atoms. The lowest BCUT2D eigenvalue weighted by Gasteiger charge is -2.08. The van der Waals surface area contributed by atoms with E-state index in [1.165, 1.54) is 0 Å². The molecule has 3 N–H and O–H groups in total. The SMILES string of the molecule is CCCCOc1cccc(Cc2cc(N)nc3n[nH]nc23)c1. The fourth-order valence-electron chi connectivity index (χ4n) is 2.35. The molecule has 0 saturated carbocycles. The molecule has 0 bridgehead atoms. The Morgan fingerprint density at radius 1 is 1.23 bits per heavy atom. The zero-order chi connectivity index (χ0) is 15.4. The average molecular weight is 297 g/mol. The van der Waals surface area contributed by atoms with Gasteiger partial charge in [-0.2, -0.15) is 10.3 Å².